The van der Waals surface area contributed by atoms with Gasteiger partial charge in [0.2, 0.25) is 5.91 Å². The van der Waals surface area contributed by atoms with E-state index in [0.717, 1.165) is 33.2 Å². The van der Waals surface area contributed by atoms with E-state index in [0.29, 0.717) is 23.9 Å². The molecule has 0 fully saturated rings. The Bertz CT molecular complexity index is 1040. The van der Waals surface area contributed by atoms with E-state index in [4.69, 9.17) is 27.9 Å². The smallest absolute Gasteiger partial charge is 0.235 e. The predicted molar refractivity (Wildman–Crippen MR) is 117 cm³/mol. The summed E-state index contributed by atoms with van der Waals surface area (Å²) in [6.07, 6.45) is 5.42. The lowest BCUT2D eigenvalue weighted by atomic mass is 10.0. The van der Waals surface area contributed by atoms with E-state index >= 15 is 0 Å². The first-order valence-corrected chi connectivity index (χ1v) is 9.59. The number of nitrogens with one attached hydrogen (secondary N) is 2. The molecule has 0 bridgehead atoms. The van der Waals surface area contributed by atoms with E-state index in [1.807, 2.05) is 36.5 Å². The molecule has 3 rings (SSSR count). The fourth-order valence-electron chi connectivity index (χ4n) is 2.92. The highest BCUT2D eigenvalue weighted by molar-refractivity contribution is 6.32. The third-order valence-electron chi connectivity index (χ3n) is 4.40. The minimum Gasteiger partial charge on any atom is -0.487 e. The van der Waals surface area contributed by atoms with Crippen molar-refractivity contribution in [3.8, 4) is 5.75 Å². The van der Waals surface area contributed by atoms with Crippen LogP contribution in [-0.4, -0.2) is 16.8 Å². The first kappa shape index (κ1) is 20.1. The van der Waals surface area contributed by atoms with Crippen LogP contribution < -0.4 is 10.1 Å². The highest BCUT2D eigenvalue weighted by Gasteiger charge is 2.11. The minimum atomic E-state index is -0.220. The fourth-order valence-corrected chi connectivity index (χ4v) is 3.23. The number of carbonyl (C=O) groups excluding carboxylic acids is 1. The third kappa shape index (κ3) is 4.41. The second-order valence-corrected chi connectivity index (χ2v) is 6.89. The average Bonchev–Trinajstić information content (AvgIpc) is 3.11. The summed E-state index contributed by atoms with van der Waals surface area (Å²) in [5, 5.41) is 4.20. The Morgan fingerprint density at radius 1 is 1.18 bits per heavy atom. The van der Waals surface area contributed by atoms with Gasteiger partial charge in [0.05, 0.1) is 5.02 Å². The molecule has 0 unspecified atom stereocenters. The largest absolute Gasteiger partial charge is 0.487 e. The summed E-state index contributed by atoms with van der Waals surface area (Å²) in [6.45, 7) is 8.38. The van der Waals surface area contributed by atoms with Gasteiger partial charge in [-0.25, -0.2) is 0 Å². The number of rotatable bonds is 8. The Morgan fingerprint density at radius 2 is 1.96 bits per heavy atom. The van der Waals surface area contributed by atoms with Gasteiger partial charge in [-0.1, -0.05) is 49.0 Å². The molecule has 0 atom stereocenters. The number of hydrogen-bond donors (Lipinski definition) is 2. The molecule has 0 radical (unpaired) electrons. The van der Waals surface area contributed by atoms with Gasteiger partial charge in [-0.05, 0) is 40.5 Å². The summed E-state index contributed by atoms with van der Waals surface area (Å²) in [6, 6.07) is 9.68. The van der Waals surface area contributed by atoms with Gasteiger partial charge in [-0.2, -0.15) is 0 Å². The Kier molecular flexibility index (Phi) is 6.45. The van der Waals surface area contributed by atoms with Crippen LogP contribution in [0.15, 0.2) is 49.7 Å². The first-order chi connectivity index (χ1) is 13.5. The third-order valence-corrected chi connectivity index (χ3v) is 4.94. The summed E-state index contributed by atoms with van der Waals surface area (Å²) in [4.78, 5) is 14.6. The number of benzene rings is 2. The SMILES string of the molecule is C=Cc1ccc(COc2cc3c(CNC(=O)CCl)c[nH]c3cc2Cl)cc1C=C. The molecule has 0 spiro atoms. The van der Waals surface area contributed by atoms with Crippen LogP contribution in [0.3, 0.4) is 0 Å². The van der Waals surface area contributed by atoms with E-state index in [1.165, 1.54) is 0 Å². The van der Waals surface area contributed by atoms with E-state index < -0.39 is 0 Å². The lowest BCUT2D eigenvalue weighted by molar-refractivity contribution is -0.118. The van der Waals surface area contributed by atoms with Gasteiger partial charge >= 0.3 is 0 Å². The zero-order valence-corrected chi connectivity index (χ0v) is 16.7. The molecule has 1 aromatic heterocycles. The van der Waals surface area contributed by atoms with E-state index in [1.54, 1.807) is 12.2 Å². The molecular formula is C22H20Cl2N2O2. The number of alkyl halides is 1. The van der Waals surface area contributed by atoms with Gasteiger partial charge in [0.25, 0.3) is 0 Å². The van der Waals surface area contributed by atoms with Crippen molar-refractivity contribution in [1.82, 2.24) is 10.3 Å². The lowest BCUT2D eigenvalue weighted by Gasteiger charge is -2.11. The van der Waals surface area contributed by atoms with Gasteiger partial charge in [0, 0.05) is 23.6 Å². The van der Waals surface area contributed by atoms with Crippen molar-refractivity contribution < 1.29 is 9.53 Å². The number of fused-ring (bicyclic) bond motifs is 1. The number of halogens is 2. The normalized spacial score (nSPS) is 10.6. The van der Waals surface area contributed by atoms with Gasteiger partial charge in [-0.3, -0.25) is 4.79 Å². The minimum absolute atomic E-state index is 0.0696. The molecule has 0 aliphatic heterocycles. The van der Waals surface area contributed by atoms with Crippen molar-refractivity contribution in [1.29, 1.82) is 0 Å². The van der Waals surface area contributed by atoms with Crippen LogP contribution in [0.1, 0.15) is 22.3 Å². The van der Waals surface area contributed by atoms with Crippen LogP contribution in [0.4, 0.5) is 0 Å². The summed E-state index contributed by atoms with van der Waals surface area (Å²) >= 11 is 11.9. The molecule has 0 saturated heterocycles. The van der Waals surface area contributed by atoms with Crippen molar-refractivity contribution >= 4 is 52.2 Å². The Labute approximate surface area is 173 Å². The Hall–Kier alpha value is -2.69. The van der Waals surface area contributed by atoms with Crippen molar-refractivity contribution in [3.05, 3.63) is 77.0 Å². The molecule has 2 N–H and O–H groups in total. The lowest BCUT2D eigenvalue weighted by Crippen LogP contribution is -2.23. The molecule has 6 heteroatoms. The summed E-state index contributed by atoms with van der Waals surface area (Å²) in [5.41, 5.74) is 4.83. The molecule has 1 amide bonds. The number of aromatic amines is 1. The van der Waals surface area contributed by atoms with E-state index in [-0.39, 0.29) is 11.8 Å². The molecule has 3 aromatic rings. The number of carbonyl (C=O) groups is 1. The Morgan fingerprint density at radius 3 is 2.68 bits per heavy atom. The maximum atomic E-state index is 11.4. The highest BCUT2D eigenvalue weighted by atomic mass is 35.5. The van der Waals surface area contributed by atoms with Gasteiger partial charge in [-0.15, -0.1) is 11.6 Å². The molecule has 0 saturated carbocycles. The number of aromatic nitrogens is 1. The topological polar surface area (TPSA) is 54.1 Å². The van der Waals surface area contributed by atoms with Crippen LogP contribution in [-0.2, 0) is 17.9 Å². The Balaban J connectivity index is 1.80. The van der Waals surface area contributed by atoms with Gasteiger partial charge < -0.3 is 15.0 Å². The fraction of sp³-hybridized carbons (Fsp3) is 0.136. The monoisotopic (exact) mass is 414 g/mol. The van der Waals surface area contributed by atoms with Crippen molar-refractivity contribution in [2.24, 2.45) is 0 Å². The summed E-state index contributed by atoms with van der Waals surface area (Å²) < 4.78 is 5.96. The predicted octanol–water partition coefficient (Wildman–Crippen LogP) is 5.54. The molecule has 28 heavy (non-hydrogen) atoms. The standard InChI is InChI=1S/C22H20Cl2N2O2/c1-3-15-6-5-14(7-16(15)4-2)13-28-21-8-18-17(12-26-22(27)10-23)11-25-20(18)9-19(21)24/h3-9,11,25H,1-2,10,12-13H2,(H,26,27). The molecule has 0 aliphatic carbocycles. The van der Waals surface area contributed by atoms with Crippen molar-refractivity contribution in [2.45, 2.75) is 13.2 Å². The maximum absolute atomic E-state index is 11.4. The number of amides is 1. The van der Waals surface area contributed by atoms with Crippen LogP contribution in [0.25, 0.3) is 23.1 Å². The zero-order valence-electron chi connectivity index (χ0n) is 15.2. The highest BCUT2D eigenvalue weighted by Crippen LogP contribution is 2.32. The summed E-state index contributed by atoms with van der Waals surface area (Å²) in [7, 11) is 0. The molecule has 1 heterocycles. The molecule has 0 aliphatic rings. The molecular weight excluding hydrogens is 395 g/mol. The van der Waals surface area contributed by atoms with E-state index in [2.05, 4.69) is 23.5 Å². The zero-order chi connectivity index (χ0) is 20.1. The molecule has 144 valence electrons. The van der Waals surface area contributed by atoms with Gasteiger partial charge in [0.1, 0.15) is 18.2 Å². The number of ether oxygens (including phenoxy) is 1. The second kappa shape index (κ2) is 9.00. The van der Waals surface area contributed by atoms with Crippen LogP contribution >= 0.6 is 23.2 Å². The first-order valence-electron chi connectivity index (χ1n) is 8.68. The maximum Gasteiger partial charge on any atom is 0.235 e. The van der Waals surface area contributed by atoms with Crippen molar-refractivity contribution in [3.63, 3.8) is 0 Å². The van der Waals surface area contributed by atoms with Crippen LogP contribution in [0, 0.1) is 0 Å². The van der Waals surface area contributed by atoms with Gasteiger partial charge in [0.15, 0.2) is 0 Å². The van der Waals surface area contributed by atoms with E-state index in [9.17, 15) is 4.79 Å². The van der Waals surface area contributed by atoms with Crippen LogP contribution in [0.2, 0.25) is 5.02 Å². The molecule has 4 nitrogen and oxygen atoms in total. The van der Waals surface area contributed by atoms with Crippen LogP contribution in [0.5, 0.6) is 5.75 Å². The number of hydrogen-bond acceptors (Lipinski definition) is 2. The van der Waals surface area contributed by atoms with Crippen molar-refractivity contribution in [2.75, 3.05) is 5.88 Å². The molecule has 2 aromatic carbocycles. The quantitative estimate of drug-likeness (QED) is 0.475. The summed E-state index contributed by atoms with van der Waals surface area (Å²) in [5.74, 6) is 0.286. The second-order valence-electron chi connectivity index (χ2n) is 6.21. The average molecular weight is 415 g/mol. The number of H-pyrrole nitrogens is 1.